The quantitative estimate of drug-likeness (QED) is 0.0159. The molecule has 0 saturated carbocycles. The van der Waals surface area contributed by atoms with Crippen molar-refractivity contribution in [3.8, 4) is 0 Å². The maximum absolute atomic E-state index is 14.4. The van der Waals surface area contributed by atoms with E-state index < -0.39 is 49.9 Å². The first-order valence-corrected chi connectivity index (χ1v) is 28.9. The number of fused-ring (bicyclic) bond motifs is 1. The van der Waals surface area contributed by atoms with Gasteiger partial charge in [-0.3, -0.25) is 18.5 Å². The van der Waals surface area contributed by atoms with E-state index in [9.17, 15) is 26.4 Å². The normalized spacial score (nSPS) is 13.5. The van der Waals surface area contributed by atoms with Crippen molar-refractivity contribution in [3.63, 3.8) is 0 Å². The molecule has 71 heavy (non-hydrogen) atoms. The molecule has 5 rings (SSSR count). The standard InChI is InChI=1S/C51H69Cl2N7O8S3/c1-5-7-8-9-10-11-12-13-14-15-16-17-18-21-31-54-68-69(63)41-25-27-44(53)47(36-41)58-71(65,66)42-26-28-43(52)46(37-42)57-50(61)49(51(62)60-33-30-39-22-19-20-23-48(39)60)56-45-29-24-40(35-38(45)3)59(6-2)34-32-55-70(64)67-4/h19-20,22-29,35-37,54-55,58H,5-18,21,30-34H2,1-4H3,(H,57,61). The Labute approximate surface area is 435 Å². The van der Waals surface area contributed by atoms with Gasteiger partial charge in [0, 0.05) is 44.1 Å². The van der Waals surface area contributed by atoms with Crippen LogP contribution in [-0.4, -0.2) is 74.2 Å². The number of nitrogens with zero attached hydrogens (tertiary/aromatic N) is 3. The monoisotopic (exact) mass is 1070 g/mol. The third-order valence-electron chi connectivity index (χ3n) is 12.1. The molecular weight excluding hydrogens is 1010 g/mol. The third kappa shape index (κ3) is 18.0. The minimum absolute atomic E-state index is 0.00575. The van der Waals surface area contributed by atoms with Gasteiger partial charge >= 0.3 is 0 Å². The summed E-state index contributed by atoms with van der Waals surface area (Å²) in [5.74, 6) is -1.58. The van der Waals surface area contributed by atoms with E-state index in [4.69, 9.17) is 31.7 Å². The summed E-state index contributed by atoms with van der Waals surface area (Å²) in [6, 6.07) is 20.7. The van der Waals surface area contributed by atoms with Gasteiger partial charge in [0.15, 0.2) is 5.71 Å². The molecule has 0 bridgehead atoms. The molecule has 4 N–H and O–H groups in total. The summed E-state index contributed by atoms with van der Waals surface area (Å²) in [6.45, 7) is 8.41. The molecular formula is C51H69Cl2N7O8S3. The van der Waals surface area contributed by atoms with Crippen molar-refractivity contribution in [2.75, 3.05) is 59.7 Å². The summed E-state index contributed by atoms with van der Waals surface area (Å²) in [5.41, 5.74) is 5.61. The van der Waals surface area contributed by atoms with Gasteiger partial charge in [0.05, 0.1) is 44.0 Å². The first kappa shape index (κ1) is 57.7. The van der Waals surface area contributed by atoms with Crippen LogP contribution in [0.2, 0.25) is 10.0 Å². The van der Waals surface area contributed by atoms with E-state index in [2.05, 4.69) is 37.1 Å². The Morgan fingerprint density at radius 2 is 1.44 bits per heavy atom. The molecule has 388 valence electrons. The first-order chi connectivity index (χ1) is 34.3. The van der Waals surface area contributed by atoms with Crippen molar-refractivity contribution in [2.45, 2.75) is 127 Å². The van der Waals surface area contributed by atoms with Gasteiger partial charge < -0.3 is 15.1 Å². The molecule has 0 aliphatic carbocycles. The smallest absolute Gasteiger partial charge is 0.282 e. The van der Waals surface area contributed by atoms with E-state index in [0.29, 0.717) is 56.1 Å². The van der Waals surface area contributed by atoms with Gasteiger partial charge in [-0.25, -0.2) is 26.6 Å². The fourth-order valence-electron chi connectivity index (χ4n) is 8.12. The van der Waals surface area contributed by atoms with Crippen LogP contribution in [0.1, 0.15) is 115 Å². The van der Waals surface area contributed by atoms with Crippen molar-refractivity contribution >= 4 is 102 Å². The zero-order valence-corrected chi connectivity index (χ0v) is 45.2. The van der Waals surface area contributed by atoms with Crippen molar-refractivity contribution < 1.29 is 34.9 Å². The van der Waals surface area contributed by atoms with Gasteiger partial charge in [-0.15, -0.1) is 0 Å². The van der Waals surface area contributed by atoms with Gasteiger partial charge in [-0.2, -0.15) is 9.76 Å². The number of aryl methyl sites for hydroxylation is 1. The van der Waals surface area contributed by atoms with E-state index >= 15 is 0 Å². The summed E-state index contributed by atoms with van der Waals surface area (Å²) < 4.78 is 67.9. The number of carbonyl (C=O) groups is 2. The van der Waals surface area contributed by atoms with Crippen LogP contribution in [0, 0.1) is 6.92 Å². The highest BCUT2D eigenvalue weighted by molar-refractivity contribution is 7.92. The molecule has 4 aromatic rings. The Kier molecular flexibility index (Phi) is 24.4. The highest BCUT2D eigenvalue weighted by Gasteiger charge is 2.32. The lowest BCUT2D eigenvalue weighted by Gasteiger charge is -2.24. The number of amides is 2. The number of para-hydroxylation sites is 1. The van der Waals surface area contributed by atoms with E-state index in [1.165, 1.54) is 113 Å². The molecule has 2 amide bonds. The maximum Gasteiger partial charge on any atom is 0.282 e. The fourth-order valence-corrected chi connectivity index (χ4v) is 10.7. The maximum atomic E-state index is 14.4. The molecule has 20 heteroatoms. The third-order valence-corrected chi connectivity index (χ3v) is 15.8. The molecule has 1 aliphatic heterocycles. The number of hydroxylamine groups is 1. The lowest BCUT2D eigenvalue weighted by atomic mass is 10.0. The van der Waals surface area contributed by atoms with Crippen LogP contribution in [0.4, 0.5) is 28.4 Å². The van der Waals surface area contributed by atoms with Gasteiger partial charge in [0.1, 0.15) is 0 Å². The highest BCUT2D eigenvalue weighted by atomic mass is 35.5. The predicted octanol–water partition coefficient (Wildman–Crippen LogP) is 11.1. The Morgan fingerprint density at radius 1 is 0.789 bits per heavy atom. The average Bonchev–Trinajstić information content (AvgIpc) is 3.80. The number of anilines is 4. The van der Waals surface area contributed by atoms with Crippen LogP contribution in [0.3, 0.4) is 0 Å². The first-order valence-electron chi connectivity index (χ1n) is 24.5. The molecule has 0 saturated heterocycles. The van der Waals surface area contributed by atoms with Crippen LogP contribution in [0.5, 0.6) is 0 Å². The molecule has 0 aromatic heterocycles. The van der Waals surface area contributed by atoms with Crippen molar-refractivity contribution in [3.05, 3.63) is 100 Å². The lowest BCUT2D eigenvalue weighted by Crippen LogP contribution is -2.41. The van der Waals surface area contributed by atoms with Gasteiger partial charge in [0.2, 0.25) is 22.3 Å². The topological polar surface area (TPSA) is 188 Å². The van der Waals surface area contributed by atoms with Crippen LogP contribution >= 0.6 is 23.2 Å². The van der Waals surface area contributed by atoms with Crippen LogP contribution in [-0.2, 0) is 56.8 Å². The molecule has 1 aliphatic rings. The largest absolute Gasteiger partial charge is 0.370 e. The zero-order chi connectivity index (χ0) is 51.2. The minimum Gasteiger partial charge on any atom is -0.370 e. The molecule has 0 radical (unpaired) electrons. The van der Waals surface area contributed by atoms with Gasteiger partial charge in [0.25, 0.3) is 21.8 Å². The predicted molar refractivity (Wildman–Crippen MR) is 290 cm³/mol. The van der Waals surface area contributed by atoms with Crippen molar-refractivity contribution in [1.29, 1.82) is 0 Å². The molecule has 4 aromatic carbocycles. The number of sulfonamides is 1. The minimum atomic E-state index is -4.39. The Bertz CT molecular complexity index is 2590. The number of rotatable bonds is 32. The number of carbonyl (C=O) groups excluding carboxylic acids is 2. The number of halogens is 2. The highest BCUT2D eigenvalue weighted by Crippen LogP contribution is 2.33. The van der Waals surface area contributed by atoms with E-state index in [-0.39, 0.29) is 31.2 Å². The molecule has 15 nitrogen and oxygen atoms in total. The Balaban J connectivity index is 1.22. The average molecular weight is 1080 g/mol. The molecule has 2 atom stereocenters. The Morgan fingerprint density at radius 3 is 2.10 bits per heavy atom. The summed E-state index contributed by atoms with van der Waals surface area (Å²) in [7, 11) is -3.05. The zero-order valence-electron chi connectivity index (χ0n) is 41.2. The van der Waals surface area contributed by atoms with E-state index in [1.807, 2.05) is 44.2 Å². The number of likely N-dealkylation sites (N-methyl/N-ethyl adjacent to an activating group) is 1. The van der Waals surface area contributed by atoms with Crippen molar-refractivity contribution in [2.24, 2.45) is 4.99 Å². The molecule has 1 heterocycles. The van der Waals surface area contributed by atoms with Crippen LogP contribution in [0.15, 0.2) is 93.6 Å². The van der Waals surface area contributed by atoms with Gasteiger partial charge in [-0.1, -0.05) is 132 Å². The second kappa shape index (κ2) is 30.1. The Hall–Kier alpha value is -4.24. The number of hydrogen-bond donors (Lipinski definition) is 4. The number of benzene rings is 4. The molecule has 0 spiro atoms. The number of unbranched alkanes of at least 4 members (excludes halogenated alkanes) is 13. The summed E-state index contributed by atoms with van der Waals surface area (Å²) in [6.07, 6.45) is 18.0. The number of hydrogen-bond acceptors (Lipinski definition) is 11. The number of nitrogens with one attached hydrogen (secondary N) is 4. The van der Waals surface area contributed by atoms with E-state index in [0.717, 1.165) is 36.6 Å². The van der Waals surface area contributed by atoms with Crippen LogP contribution in [0.25, 0.3) is 0 Å². The lowest BCUT2D eigenvalue weighted by molar-refractivity contribution is -0.115. The summed E-state index contributed by atoms with van der Waals surface area (Å²) in [4.78, 5) is 36.8. The van der Waals surface area contributed by atoms with Crippen molar-refractivity contribution in [1.82, 2.24) is 10.2 Å². The number of aliphatic imine (C=N–C) groups is 1. The molecule has 2 unspecified atom stereocenters. The SMILES string of the molecule is CCCCCCCCCCCCCCCCNOS(=O)c1ccc(Cl)c(NS(=O)(=O)c2ccc(Cl)c(NC(=O)C(=Nc3ccc(N(CC)CCNS(=O)OC)cc3C)C(=O)N3CCc4ccccc43)c2)c1. The molecule has 0 fully saturated rings. The van der Waals surface area contributed by atoms with Gasteiger partial charge in [-0.05, 0) is 98.5 Å². The fraction of sp³-hybridized carbons (Fsp3) is 0.471. The second-order valence-electron chi connectivity index (χ2n) is 17.3. The summed E-state index contributed by atoms with van der Waals surface area (Å²) >= 11 is 9.41. The van der Waals surface area contributed by atoms with Crippen LogP contribution < -0.4 is 30.0 Å². The second-order valence-corrected chi connectivity index (χ2v) is 22.0. The summed E-state index contributed by atoms with van der Waals surface area (Å²) in [5, 5.41) is 2.67. The van der Waals surface area contributed by atoms with E-state index in [1.54, 1.807) is 12.1 Å².